The first-order valence-electron chi connectivity index (χ1n) is 8.63. The van der Waals surface area contributed by atoms with Crippen LogP contribution in [0.5, 0.6) is 11.5 Å². The fourth-order valence-corrected chi connectivity index (χ4v) is 5.17. The number of phenolic OH excluding ortho intramolecular Hbond substituents is 2. The molecule has 174 valence electrons. The van der Waals surface area contributed by atoms with Gasteiger partial charge in [0.15, 0.2) is 0 Å². The molecule has 0 aliphatic heterocycles. The SMILES string of the molecule is O=S(=O)=O.O=S(=O)=O.[CH2-]CCSc1c(O)c(C)c(SCCCC)c(O)c1SCC[CH2-].[Na+].[Na+]. The molecule has 32 heavy (non-hydrogen) atoms. The Kier molecular flexibility index (Phi) is 31.7. The first-order valence-corrected chi connectivity index (χ1v) is 13.6. The van der Waals surface area contributed by atoms with E-state index in [0.717, 1.165) is 63.2 Å². The summed E-state index contributed by atoms with van der Waals surface area (Å²) in [7, 11) is -6.22. The van der Waals surface area contributed by atoms with Crippen molar-refractivity contribution in [1.29, 1.82) is 0 Å². The number of phenols is 2. The molecule has 1 rings (SSSR count). The maximum absolute atomic E-state index is 10.7. The van der Waals surface area contributed by atoms with Gasteiger partial charge in [0.05, 0.1) is 14.7 Å². The van der Waals surface area contributed by atoms with Crippen molar-refractivity contribution < 1.29 is 94.6 Å². The Hall–Kier alpha value is 1.11. The zero-order chi connectivity index (χ0) is 23.7. The maximum atomic E-state index is 10.7. The fourth-order valence-electron chi connectivity index (χ4n) is 1.89. The zero-order valence-electron chi connectivity index (χ0n) is 18.7. The van der Waals surface area contributed by atoms with Gasteiger partial charge in [0.1, 0.15) is 11.5 Å². The Morgan fingerprint density at radius 1 is 0.719 bits per heavy atom. The minimum Gasteiger partial charge on any atom is -0.506 e. The second-order valence-corrected chi connectivity index (χ2v) is 9.46. The molecule has 2 N–H and O–H groups in total. The molecule has 0 unspecified atom stereocenters. The van der Waals surface area contributed by atoms with E-state index in [-0.39, 0.29) is 59.1 Å². The minimum absolute atomic E-state index is 0. The molecule has 0 aliphatic carbocycles. The predicted octanol–water partition coefficient (Wildman–Crippen LogP) is -2.07. The Labute approximate surface area is 250 Å². The van der Waals surface area contributed by atoms with Crippen LogP contribution in [0.4, 0.5) is 0 Å². The number of benzene rings is 1. The van der Waals surface area contributed by atoms with Crippen LogP contribution in [0.2, 0.25) is 0 Å². The first-order chi connectivity index (χ1) is 14.0. The van der Waals surface area contributed by atoms with Crippen molar-refractivity contribution >= 4 is 56.5 Å². The summed E-state index contributed by atoms with van der Waals surface area (Å²) < 4.78 is 50.7. The number of aromatic hydroxyl groups is 2. The van der Waals surface area contributed by atoms with Crippen molar-refractivity contribution in [2.45, 2.75) is 54.2 Å². The molecule has 1 aromatic carbocycles. The van der Waals surface area contributed by atoms with Gasteiger partial charge < -0.3 is 24.1 Å². The van der Waals surface area contributed by atoms with Crippen molar-refractivity contribution in [3.05, 3.63) is 19.4 Å². The molecule has 0 atom stereocenters. The molecule has 0 aliphatic rings. The van der Waals surface area contributed by atoms with Gasteiger partial charge in [-0.2, -0.15) is 12.8 Å². The monoisotopic (exact) mass is 564 g/mol. The second kappa shape index (κ2) is 25.2. The summed E-state index contributed by atoms with van der Waals surface area (Å²) in [5, 5.41) is 21.3. The Morgan fingerprint density at radius 2 is 1.06 bits per heavy atom. The summed E-state index contributed by atoms with van der Waals surface area (Å²) in [6, 6.07) is 0. The molecule has 0 aromatic heterocycles. The van der Waals surface area contributed by atoms with Gasteiger partial charge in [0, 0.05) is 5.56 Å². The van der Waals surface area contributed by atoms with Crippen LogP contribution in [-0.4, -0.2) is 52.7 Å². The number of unbranched alkanes of at least 4 members (excludes halogenated alkanes) is 1. The van der Waals surface area contributed by atoms with Crippen molar-refractivity contribution in [2.24, 2.45) is 0 Å². The van der Waals surface area contributed by atoms with Crippen LogP contribution < -0.4 is 59.1 Å². The van der Waals surface area contributed by atoms with Crippen molar-refractivity contribution in [1.82, 2.24) is 0 Å². The third kappa shape index (κ3) is 19.4. The molecule has 0 radical (unpaired) electrons. The van der Waals surface area contributed by atoms with Crippen LogP contribution in [0.25, 0.3) is 0 Å². The van der Waals surface area contributed by atoms with Crippen LogP contribution in [0.3, 0.4) is 0 Å². The zero-order valence-corrected chi connectivity index (χ0v) is 26.8. The molecule has 0 bridgehead atoms. The number of hydrogen-bond acceptors (Lipinski definition) is 11. The first kappa shape index (κ1) is 40.3. The minimum atomic E-state index is -3.11. The summed E-state index contributed by atoms with van der Waals surface area (Å²) in [5.74, 6) is 3.23. The van der Waals surface area contributed by atoms with Crippen molar-refractivity contribution in [3.63, 3.8) is 0 Å². The molecule has 0 fully saturated rings. The van der Waals surface area contributed by atoms with Crippen LogP contribution >= 0.6 is 35.3 Å². The summed E-state index contributed by atoms with van der Waals surface area (Å²) in [6.45, 7) is 11.7. The van der Waals surface area contributed by atoms with E-state index in [0.29, 0.717) is 11.5 Å². The molecule has 15 heteroatoms. The van der Waals surface area contributed by atoms with Crippen LogP contribution in [0.1, 0.15) is 38.2 Å². The third-order valence-corrected chi connectivity index (χ3v) is 6.84. The van der Waals surface area contributed by atoms with E-state index >= 15 is 0 Å². The van der Waals surface area contributed by atoms with Crippen LogP contribution in [0, 0.1) is 20.8 Å². The van der Waals surface area contributed by atoms with E-state index in [1.807, 2.05) is 6.92 Å². The molecule has 0 saturated carbocycles. The summed E-state index contributed by atoms with van der Waals surface area (Å²) >= 11 is 4.77. The normalized spacial score (nSPS) is 9.12. The largest absolute Gasteiger partial charge is 1.00 e. The van der Waals surface area contributed by atoms with E-state index < -0.39 is 21.2 Å². The molecule has 0 heterocycles. The van der Waals surface area contributed by atoms with Crippen LogP contribution in [-0.2, 0) is 21.2 Å². The van der Waals surface area contributed by atoms with Gasteiger partial charge >= 0.3 is 80.3 Å². The molecular formula is C17H26Na2O8S5. The van der Waals surface area contributed by atoms with E-state index in [1.165, 1.54) is 0 Å². The quantitative estimate of drug-likeness (QED) is 0.106. The molecule has 8 nitrogen and oxygen atoms in total. The Morgan fingerprint density at radius 3 is 1.41 bits per heavy atom. The second-order valence-electron chi connectivity index (χ2n) is 5.32. The molecule has 0 amide bonds. The Balaban J connectivity index is -0.000000338. The standard InChI is InChI=1S/C17H26O2S3.2Na.2O3S/c1-5-8-11-22-15-12(4)13(18)16(20-9-6-2)17(14(15)19)21-10-7-3;;;2*1-4(2)3/h18-19H,2-3,5-11H2,1,4H3;;;;/q-2;2*+1;;. The van der Waals surface area contributed by atoms with Gasteiger partial charge in [-0.15, -0.1) is 60.5 Å². The van der Waals surface area contributed by atoms with E-state index in [2.05, 4.69) is 20.8 Å². The van der Waals surface area contributed by atoms with Gasteiger partial charge in [-0.25, -0.2) is 0 Å². The number of hydrogen-bond donors (Lipinski definition) is 2. The van der Waals surface area contributed by atoms with E-state index in [9.17, 15) is 10.2 Å². The maximum Gasteiger partial charge on any atom is 1.00 e. The smallest absolute Gasteiger partial charge is 0.506 e. The van der Waals surface area contributed by atoms with Gasteiger partial charge in [-0.05, 0) is 30.6 Å². The van der Waals surface area contributed by atoms with Crippen LogP contribution in [0.15, 0.2) is 14.7 Å². The predicted molar refractivity (Wildman–Crippen MR) is 121 cm³/mol. The van der Waals surface area contributed by atoms with E-state index in [1.54, 1.807) is 35.3 Å². The van der Waals surface area contributed by atoms with Gasteiger partial charge in [0.25, 0.3) is 0 Å². The topological polar surface area (TPSA) is 143 Å². The summed E-state index contributed by atoms with van der Waals surface area (Å²) in [5.41, 5.74) is 0.782. The summed E-state index contributed by atoms with van der Waals surface area (Å²) in [4.78, 5) is 2.40. The van der Waals surface area contributed by atoms with Crippen molar-refractivity contribution in [3.8, 4) is 11.5 Å². The fraction of sp³-hybridized carbons (Fsp3) is 0.529. The Bertz CT molecular complexity index is 819. The molecule has 0 saturated heterocycles. The van der Waals surface area contributed by atoms with Gasteiger partial charge in [-0.1, -0.05) is 13.3 Å². The average molecular weight is 565 g/mol. The average Bonchev–Trinajstić information content (AvgIpc) is 2.64. The molecule has 0 spiro atoms. The number of thioether (sulfide) groups is 3. The van der Waals surface area contributed by atoms with Crippen molar-refractivity contribution in [2.75, 3.05) is 17.3 Å². The summed E-state index contributed by atoms with van der Waals surface area (Å²) in [6.07, 6.45) is 3.80. The van der Waals surface area contributed by atoms with Gasteiger partial charge in [-0.3, -0.25) is 0 Å². The molecule has 1 aromatic rings. The van der Waals surface area contributed by atoms with Gasteiger partial charge in [0.2, 0.25) is 0 Å². The number of rotatable bonds is 10. The third-order valence-electron chi connectivity index (χ3n) is 3.07. The molecular weight excluding hydrogens is 538 g/mol. The van der Waals surface area contributed by atoms with E-state index in [4.69, 9.17) is 25.3 Å².